The lowest BCUT2D eigenvalue weighted by Crippen LogP contribution is -2.39. The fraction of sp³-hybridized carbons (Fsp3) is 0.556. The standard InChI is InChI=1S/C18H26BrN7O3/c1-2-28-15-9-12(10-21-26-18(20)23-24-25-26)8-14(19)17(15)29-11-16(27)22-13-6-4-3-5-7-13/h8-9,13,21H,2-7,10-11H2,1H3,(H,22,27)(H2,20,23,25). The smallest absolute Gasteiger partial charge is 0.260 e. The van der Waals surface area contributed by atoms with E-state index in [0.29, 0.717) is 29.1 Å². The summed E-state index contributed by atoms with van der Waals surface area (Å²) in [4.78, 5) is 13.5. The molecule has 0 saturated heterocycles. The van der Waals surface area contributed by atoms with Crippen LogP contribution in [0.15, 0.2) is 16.6 Å². The predicted molar refractivity (Wildman–Crippen MR) is 111 cm³/mol. The van der Waals surface area contributed by atoms with Crippen molar-refractivity contribution in [3.8, 4) is 11.5 Å². The van der Waals surface area contributed by atoms with Crippen LogP contribution in [0.3, 0.4) is 0 Å². The van der Waals surface area contributed by atoms with Crippen molar-refractivity contribution in [2.24, 2.45) is 0 Å². The van der Waals surface area contributed by atoms with Gasteiger partial charge < -0.3 is 25.9 Å². The van der Waals surface area contributed by atoms with Gasteiger partial charge >= 0.3 is 0 Å². The number of hydrogen-bond acceptors (Lipinski definition) is 8. The molecule has 10 nitrogen and oxygen atoms in total. The predicted octanol–water partition coefficient (Wildman–Crippen LogP) is 1.99. The van der Waals surface area contributed by atoms with Crippen molar-refractivity contribution >= 4 is 27.8 Å². The van der Waals surface area contributed by atoms with Gasteiger partial charge in [0.2, 0.25) is 0 Å². The molecule has 1 aliphatic rings. The number of tetrazole rings is 1. The molecule has 0 spiro atoms. The monoisotopic (exact) mass is 467 g/mol. The van der Waals surface area contributed by atoms with Crippen LogP contribution in [0, 0.1) is 0 Å². The van der Waals surface area contributed by atoms with Gasteiger partial charge in [-0.25, -0.2) is 0 Å². The molecular formula is C18H26BrN7O3. The highest BCUT2D eigenvalue weighted by molar-refractivity contribution is 9.10. The molecule has 158 valence electrons. The Morgan fingerprint density at radius 3 is 2.79 bits per heavy atom. The third-order valence-corrected chi connectivity index (χ3v) is 5.20. The number of ether oxygens (including phenoxy) is 2. The minimum atomic E-state index is -0.119. The summed E-state index contributed by atoms with van der Waals surface area (Å²) < 4.78 is 12.2. The fourth-order valence-corrected chi connectivity index (χ4v) is 3.86. The van der Waals surface area contributed by atoms with Crippen molar-refractivity contribution in [3.63, 3.8) is 0 Å². The quantitative estimate of drug-likeness (QED) is 0.510. The van der Waals surface area contributed by atoms with Gasteiger partial charge in [0.15, 0.2) is 18.1 Å². The Bertz CT molecular complexity index is 824. The van der Waals surface area contributed by atoms with Gasteiger partial charge in [0.25, 0.3) is 11.9 Å². The first-order valence-corrected chi connectivity index (χ1v) is 10.5. The Balaban J connectivity index is 1.62. The third kappa shape index (κ3) is 5.96. The summed E-state index contributed by atoms with van der Waals surface area (Å²) in [7, 11) is 0. The number of carbonyl (C=O) groups excluding carboxylic acids is 1. The lowest BCUT2D eigenvalue weighted by molar-refractivity contribution is -0.124. The van der Waals surface area contributed by atoms with E-state index in [4.69, 9.17) is 15.2 Å². The molecule has 1 aromatic carbocycles. The molecule has 1 aliphatic carbocycles. The summed E-state index contributed by atoms with van der Waals surface area (Å²) in [6, 6.07) is 3.97. The van der Waals surface area contributed by atoms with Crippen LogP contribution in [0.2, 0.25) is 0 Å². The van der Waals surface area contributed by atoms with E-state index >= 15 is 0 Å². The first kappa shape index (κ1) is 21.2. The molecule has 4 N–H and O–H groups in total. The maximum atomic E-state index is 12.3. The van der Waals surface area contributed by atoms with Gasteiger partial charge in [-0.1, -0.05) is 24.4 Å². The highest BCUT2D eigenvalue weighted by atomic mass is 79.9. The molecule has 1 heterocycles. The van der Waals surface area contributed by atoms with E-state index < -0.39 is 0 Å². The SMILES string of the molecule is CCOc1cc(CNn2nnnc2N)cc(Br)c1OCC(=O)NC1CCCCC1. The molecule has 0 atom stereocenters. The van der Waals surface area contributed by atoms with Gasteiger partial charge in [0, 0.05) is 6.04 Å². The second-order valence-electron chi connectivity index (χ2n) is 6.81. The molecule has 0 radical (unpaired) electrons. The van der Waals surface area contributed by atoms with Gasteiger partial charge in [-0.15, -0.1) is 4.79 Å². The van der Waals surface area contributed by atoms with Gasteiger partial charge in [0.05, 0.1) is 17.6 Å². The van der Waals surface area contributed by atoms with Crippen LogP contribution >= 0.6 is 15.9 Å². The van der Waals surface area contributed by atoms with Crippen molar-refractivity contribution < 1.29 is 14.3 Å². The van der Waals surface area contributed by atoms with E-state index in [1.807, 2.05) is 19.1 Å². The number of anilines is 1. The fourth-order valence-electron chi connectivity index (χ4n) is 3.25. The summed E-state index contributed by atoms with van der Waals surface area (Å²) in [6.07, 6.45) is 5.64. The summed E-state index contributed by atoms with van der Waals surface area (Å²) in [5.74, 6) is 1.09. The number of nitrogen functional groups attached to an aromatic ring is 1. The maximum Gasteiger partial charge on any atom is 0.260 e. The number of hydrogen-bond donors (Lipinski definition) is 3. The van der Waals surface area contributed by atoms with Crippen LogP contribution in [0.1, 0.15) is 44.6 Å². The van der Waals surface area contributed by atoms with Crippen molar-refractivity contribution in [2.45, 2.75) is 51.6 Å². The van der Waals surface area contributed by atoms with Gasteiger partial charge in [0.1, 0.15) is 0 Å². The van der Waals surface area contributed by atoms with Gasteiger partial charge in [-0.2, -0.15) is 0 Å². The molecule has 29 heavy (non-hydrogen) atoms. The van der Waals surface area contributed by atoms with Crippen LogP contribution in [-0.2, 0) is 11.3 Å². The number of carbonyl (C=O) groups is 1. The summed E-state index contributed by atoms with van der Waals surface area (Å²) >= 11 is 3.51. The van der Waals surface area contributed by atoms with Gasteiger partial charge in [-0.05, 0) is 63.8 Å². The molecule has 11 heteroatoms. The molecule has 1 saturated carbocycles. The van der Waals surface area contributed by atoms with E-state index in [0.717, 1.165) is 31.2 Å². The number of nitrogens with zero attached hydrogens (tertiary/aromatic N) is 4. The molecule has 0 aliphatic heterocycles. The number of nitrogens with one attached hydrogen (secondary N) is 2. The van der Waals surface area contributed by atoms with E-state index in [1.165, 1.54) is 11.2 Å². The zero-order valence-corrected chi connectivity index (χ0v) is 17.9. The number of nitrogens with two attached hydrogens (primary N) is 1. The van der Waals surface area contributed by atoms with E-state index in [2.05, 4.69) is 42.2 Å². The topological polar surface area (TPSA) is 129 Å². The number of amides is 1. The molecule has 1 amide bonds. The Kier molecular flexibility index (Phi) is 7.50. The van der Waals surface area contributed by atoms with Crippen LogP contribution < -0.4 is 25.9 Å². The maximum absolute atomic E-state index is 12.3. The minimum absolute atomic E-state index is 0.0616. The largest absolute Gasteiger partial charge is 0.490 e. The van der Waals surface area contributed by atoms with Crippen molar-refractivity contribution in [3.05, 3.63) is 22.2 Å². The lowest BCUT2D eigenvalue weighted by Gasteiger charge is -2.23. The molecule has 2 aromatic rings. The Labute approximate surface area is 177 Å². The second-order valence-corrected chi connectivity index (χ2v) is 7.67. The third-order valence-electron chi connectivity index (χ3n) is 4.61. The Morgan fingerprint density at radius 1 is 1.31 bits per heavy atom. The molecule has 3 rings (SSSR count). The summed E-state index contributed by atoms with van der Waals surface area (Å²) in [5, 5.41) is 13.9. The van der Waals surface area contributed by atoms with Gasteiger partial charge in [-0.3, -0.25) is 4.79 Å². The van der Waals surface area contributed by atoms with Crippen LogP contribution in [0.4, 0.5) is 5.95 Å². The molecule has 0 bridgehead atoms. The van der Waals surface area contributed by atoms with Crippen LogP contribution in [0.5, 0.6) is 11.5 Å². The van der Waals surface area contributed by atoms with Crippen molar-refractivity contribution in [2.75, 3.05) is 24.4 Å². The minimum Gasteiger partial charge on any atom is -0.490 e. The number of benzene rings is 1. The number of rotatable bonds is 9. The van der Waals surface area contributed by atoms with E-state index in [-0.39, 0.29) is 24.5 Å². The Morgan fingerprint density at radius 2 is 2.10 bits per heavy atom. The van der Waals surface area contributed by atoms with Crippen molar-refractivity contribution in [1.29, 1.82) is 0 Å². The molecular weight excluding hydrogens is 442 g/mol. The summed E-state index contributed by atoms with van der Waals surface area (Å²) in [6.45, 7) is 2.71. The first-order chi connectivity index (χ1) is 14.1. The Hall–Kier alpha value is -2.56. The normalized spacial score (nSPS) is 14.4. The zero-order chi connectivity index (χ0) is 20.6. The second kappa shape index (κ2) is 10.3. The van der Waals surface area contributed by atoms with E-state index in [1.54, 1.807) is 0 Å². The number of halogens is 1. The van der Waals surface area contributed by atoms with Crippen LogP contribution in [-0.4, -0.2) is 45.5 Å². The zero-order valence-electron chi connectivity index (χ0n) is 16.4. The highest BCUT2D eigenvalue weighted by Gasteiger charge is 2.18. The van der Waals surface area contributed by atoms with E-state index in [9.17, 15) is 4.79 Å². The molecule has 0 unspecified atom stereocenters. The molecule has 1 aromatic heterocycles. The average Bonchev–Trinajstić information content (AvgIpc) is 3.11. The van der Waals surface area contributed by atoms with Crippen molar-refractivity contribution in [1.82, 2.24) is 25.6 Å². The number of aromatic nitrogens is 4. The average molecular weight is 468 g/mol. The summed E-state index contributed by atoms with van der Waals surface area (Å²) in [5.41, 5.74) is 9.54. The first-order valence-electron chi connectivity index (χ1n) is 9.72. The molecule has 1 fully saturated rings. The lowest BCUT2D eigenvalue weighted by atomic mass is 9.95. The van der Waals surface area contributed by atoms with Crippen LogP contribution in [0.25, 0.3) is 0 Å². The highest BCUT2D eigenvalue weighted by Crippen LogP contribution is 2.37.